The second kappa shape index (κ2) is 6.46. The van der Waals surface area contributed by atoms with Gasteiger partial charge < -0.3 is 4.90 Å². The van der Waals surface area contributed by atoms with Crippen molar-refractivity contribution in [1.29, 1.82) is 0 Å². The van der Waals surface area contributed by atoms with Crippen LogP contribution in [0.25, 0.3) is 0 Å². The number of amides is 1. The standard InChI is InChI=1S/C18H14F5NO/c19-15-4-2-1-3-12(15)10-24(13-6-7-13)17(25)11-5-8-16(20)14(9-11)18(21,22)23/h1-5,8-9,13H,6-7,10H2. The van der Waals surface area contributed by atoms with Gasteiger partial charge in [-0.25, -0.2) is 8.78 Å². The smallest absolute Gasteiger partial charge is 0.331 e. The van der Waals surface area contributed by atoms with Crippen LogP contribution in [-0.4, -0.2) is 16.8 Å². The monoisotopic (exact) mass is 355 g/mol. The lowest BCUT2D eigenvalue weighted by molar-refractivity contribution is -0.140. The van der Waals surface area contributed by atoms with Gasteiger partial charge in [0.1, 0.15) is 11.6 Å². The summed E-state index contributed by atoms with van der Waals surface area (Å²) < 4.78 is 65.8. The fraction of sp³-hybridized carbons (Fsp3) is 0.278. The maximum atomic E-state index is 13.8. The van der Waals surface area contributed by atoms with Crippen LogP contribution < -0.4 is 0 Å². The van der Waals surface area contributed by atoms with Gasteiger partial charge >= 0.3 is 6.18 Å². The minimum Gasteiger partial charge on any atom is -0.331 e. The number of hydrogen-bond donors (Lipinski definition) is 0. The van der Waals surface area contributed by atoms with Gasteiger partial charge in [-0.3, -0.25) is 4.79 Å². The van der Waals surface area contributed by atoms with Crippen LogP contribution in [0.2, 0.25) is 0 Å². The Morgan fingerprint density at radius 2 is 1.72 bits per heavy atom. The van der Waals surface area contributed by atoms with E-state index in [-0.39, 0.29) is 23.7 Å². The minimum atomic E-state index is -4.89. The third kappa shape index (κ3) is 3.81. The van der Waals surface area contributed by atoms with Crippen molar-refractivity contribution < 1.29 is 26.7 Å². The van der Waals surface area contributed by atoms with Crippen molar-refractivity contribution >= 4 is 5.91 Å². The van der Waals surface area contributed by atoms with Crippen molar-refractivity contribution in [2.75, 3.05) is 0 Å². The van der Waals surface area contributed by atoms with Crippen molar-refractivity contribution in [2.45, 2.75) is 31.6 Å². The highest BCUT2D eigenvalue weighted by atomic mass is 19.4. The molecular weight excluding hydrogens is 341 g/mol. The minimum absolute atomic E-state index is 0.0467. The molecule has 132 valence electrons. The summed E-state index contributed by atoms with van der Waals surface area (Å²) in [7, 11) is 0. The molecule has 1 saturated carbocycles. The number of nitrogens with zero attached hydrogens (tertiary/aromatic N) is 1. The number of halogens is 5. The summed E-state index contributed by atoms with van der Waals surface area (Å²) in [6, 6.07) is 7.91. The summed E-state index contributed by atoms with van der Waals surface area (Å²) in [5.74, 6) is -2.59. The molecule has 1 aliphatic rings. The SMILES string of the molecule is O=C(c1ccc(F)c(C(F)(F)F)c1)N(Cc1ccccc1F)C1CC1. The number of alkyl halides is 3. The largest absolute Gasteiger partial charge is 0.419 e. The maximum absolute atomic E-state index is 13.8. The van der Waals surface area contributed by atoms with Crippen LogP contribution in [0.15, 0.2) is 42.5 Å². The molecule has 3 rings (SSSR count). The Labute approximate surface area is 140 Å². The van der Waals surface area contributed by atoms with Gasteiger partial charge in [0.05, 0.1) is 5.56 Å². The van der Waals surface area contributed by atoms with Gasteiger partial charge in [-0.1, -0.05) is 18.2 Å². The molecule has 0 heterocycles. The summed E-state index contributed by atoms with van der Waals surface area (Å²) >= 11 is 0. The van der Waals surface area contributed by atoms with Crippen molar-refractivity contribution in [3.05, 3.63) is 70.8 Å². The van der Waals surface area contributed by atoms with Gasteiger partial charge in [-0.2, -0.15) is 13.2 Å². The number of rotatable bonds is 4. The molecule has 0 bridgehead atoms. The summed E-state index contributed by atoms with van der Waals surface area (Å²) in [5.41, 5.74) is -1.47. The lowest BCUT2D eigenvalue weighted by Crippen LogP contribution is -2.33. The van der Waals surface area contributed by atoms with Gasteiger partial charge in [0, 0.05) is 23.7 Å². The van der Waals surface area contributed by atoms with E-state index in [0.717, 1.165) is 6.07 Å². The molecule has 1 amide bonds. The quantitative estimate of drug-likeness (QED) is 0.722. The van der Waals surface area contributed by atoms with Crippen molar-refractivity contribution in [1.82, 2.24) is 4.90 Å². The predicted molar refractivity (Wildman–Crippen MR) is 80.7 cm³/mol. The zero-order valence-electron chi connectivity index (χ0n) is 13.0. The molecule has 0 saturated heterocycles. The van der Waals surface area contributed by atoms with E-state index < -0.39 is 29.3 Å². The molecule has 1 fully saturated rings. The molecule has 2 nitrogen and oxygen atoms in total. The van der Waals surface area contributed by atoms with Gasteiger partial charge in [0.15, 0.2) is 0 Å². The van der Waals surface area contributed by atoms with E-state index in [1.54, 1.807) is 6.07 Å². The molecule has 1 aliphatic carbocycles. The van der Waals surface area contributed by atoms with Crippen molar-refractivity contribution in [2.24, 2.45) is 0 Å². The highest BCUT2D eigenvalue weighted by Gasteiger charge is 2.37. The van der Waals surface area contributed by atoms with Crippen LogP contribution in [-0.2, 0) is 12.7 Å². The lowest BCUT2D eigenvalue weighted by Gasteiger charge is -2.23. The Kier molecular flexibility index (Phi) is 4.49. The van der Waals surface area contributed by atoms with E-state index in [1.807, 2.05) is 0 Å². The van der Waals surface area contributed by atoms with E-state index in [2.05, 4.69) is 0 Å². The number of hydrogen-bond acceptors (Lipinski definition) is 1. The molecule has 2 aromatic rings. The summed E-state index contributed by atoms with van der Waals surface area (Å²) in [6.45, 7) is -0.0467. The Morgan fingerprint density at radius 1 is 1.04 bits per heavy atom. The molecule has 0 spiro atoms. The van der Waals surface area contributed by atoms with E-state index in [1.165, 1.54) is 23.1 Å². The first-order valence-electron chi connectivity index (χ1n) is 7.68. The van der Waals surface area contributed by atoms with Gasteiger partial charge in [-0.15, -0.1) is 0 Å². The Hall–Kier alpha value is -2.44. The first kappa shape index (κ1) is 17.4. The molecule has 0 atom stereocenters. The van der Waals surface area contributed by atoms with Crippen LogP contribution in [0.3, 0.4) is 0 Å². The first-order valence-corrected chi connectivity index (χ1v) is 7.68. The second-order valence-corrected chi connectivity index (χ2v) is 5.95. The molecule has 0 N–H and O–H groups in total. The van der Waals surface area contributed by atoms with Gasteiger partial charge in [0.25, 0.3) is 5.91 Å². The summed E-state index contributed by atoms with van der Waals surface area (Å²) in [5, 5.41) is 0. The van der Waals surface area contributed by atoms with Crippen LogP contribution in [0.1, 0.15) is 34.3 Å². The van der Waals surface area contributed by atoms with E-state index in [9.17, 15) is 26.7 Å². The van der Waals surface area contributed by atoms with Crippen LogP contribution in [0.4, 0.5) is 22.0 Å². The van der Waals surface area contributed by atoms with Crippen LogP contribution in [0, 0.1) is 11.6 Å². The van der Waals surface area contributed by atoms with Gasteiger partial charge in [-0.05, 0) is 37.1 Å². The average Bonchev–Trinajstić information content (AvgIpc) is 3.37. The molecule has 0 radical (unpaired) electrons. The number of carbonyl (C=O) groups excluding carboxylic acids is 1. The Morgan fingerprint density at radius 3 is 2.32 bits per heavy atom. The van der Waals surface area contributed by atoms with Crippen LogP contribution >= 0.6 is 0 Å². The molecule has 0 aliphatic heterocycles. The summed E-state index contributed by atoms with van der Waals surface area (Å²) in [4.78, 5) is 14.0. The topological polar surface area (TPSA) is 20.3 Å². The Bertz CT molecular complexity index is 798. The highest BCUT2D eigenvalue weighted by molar-refractivity contribution is 5.94. The molecule has 7 heteroatoms. The molecule has 2 aromatic carbocycles. The fourth-order valence-corrected chi connectivity index (χ4v) is 2.60. The maximum Gasteiger partial charge on any atom is 0.419 e. The fourth-order valence-electron chi connectivity index (χ4n) is 2.60. The van der Waals surface area contributed by atoms with Crippen LogP contribution in [0.5, 0.6) is 0 Å². The summed E-state index contributed by atoms with van der Waals surface area (Å²) in [6.07, 6.45) is -3.49. The van der Waals surface area contributed by atoms with Crippen molar-refractivity contribution in [3.8, 4) is 0 Å². The number of carbonyl (C=O) groups is 1. The highest BCUT2D eigenvalue weighted by Crippen LogP contribution is 2.34. The third-order valence-corrected chi connectivity index (χ3v) is 4.07. The van der Waals surface area contributed by atoms with E-state index in [4.69, 9.17) is 0 Å². The molecule has 25 heavy (non-hydrogen) atoms. The lowest BCUT2D eigenvalue weighted by atomic mass is 10.1. The zero-order valence-corrected chi connectivity index (χ0v) is 13.0. The van der Waals surface area contributed by atoms with Crippen molar-refractivity contribution in [3.63, 3.8) is 0 Å². The average molecular weight is 355 g/mol. The van der Waals surface area contributed by atoms with Gasteiger partial charge in [0.2, 0.25) is 0 Å². The van der Waals surface area contributed by atoms with E-state index >= 15 is 0 Å². The third-order valence-electron chi connectivity index (χ3n) is 4.07. The van der Waals surface area contributed by atoms with E-state index in [0.29, 0.717) is 25.0 Å². The molecule has 0 unspecified atom stereocenters. The second-order valence-electron chi connectivity index (χ2n) is 5.95. The molecule has 0 aromatic heterocycles. The predicted octanol–water partition coefficient (Wildman–Crippen LogP) is 4.79. The number of benzene rings is 2. The normalized spacial score (nSPS) is 14.4. The zero-order chi connectivity index (χ0) is 18.2. The first-order chi connectivity index (χ1) is 11.8. The Balaban J connectivity index is 1.90. The molecular formula is C18H14F5NO.